The predicted octanol–water partition coefficient (Wildman–Crippen LogP) is 2.11. The molecule has 3 nitrogen and oxygen atoms in total. The average Bonchev–Trinajstić information content (AvgIpc) is 2.28. The first kappa shape index (κ1) is 12.1. The van der Waals surface area contributed by atoms with Crippen LogP contribution in [0.25, 0.3) is 0 Å². The van der Waals surface area contributed by atoms with Gasteiger partial charge in [-0.05, 0) is 42.0 Å². The van der Waals surface area contributed by atoms with Crippen molar-refractivity contribution in [3.63, 3.8) is 0 Å². The zero-order chi connectivity index (χ0) is 11.9. The molecule has 16 heavy (non-hydrogen) atoms. The maximum Gasteiger partial charge on any atom is 0.228 e. The van der Waals surface area contributed by atoms with Gasteiger partial charge in [0, 0.05) is 7.11 Å². The molecule has 0 saturated heterocycles. The Bertz CT molecular complexity index is 366. The van der Waals surface area contributed by atoms with Crippen LogP contribution in [0.15, 0.2) is 12.2 Å². The number of allylic oxidation sites excluding steroid dienone is 1. The molecule has 0 N–H and O–H groups in total. The van der Waals surface area contributed by atoms with Crippen LogP contribution in [0.5, 0.6) is 0 Å². The van der Waals surface area contributed by atoms with Crippen LogP contribution in [-0.4, -0.2) is 23.2 Å². The summed E-state index contributed by atoms with van der Waals surface area (Å²) in [6.45, 7) is 0. The molecule has 0 aromatic carbocycles. The number of halogens is 2. The molecule has 3 rings (SSSR count). The Morgan fingerprint density at radius 1 is 1.38 bits per heavy atom. The predicted molar refractivity (Wildman–Crippen MR) is 60.3 cm³/mol. The second kappa shape index (κ2) is 4.13. The van der Waals surface area contributed by atoms with E-state index >= 15 is 0 Å². The summed E-state index contributed by atoms with van der Waals surface area (Å²) in [6, 6.07) is 0. The monoisotopic (exact) mass is 262 g/mol. The summed E-state index contributed by atoms with van der Waals surface area (Å²) < 4.78 is 5.42. The van der Waals surface area contributed by atoms with Crippen molar-refractivity contribution < 1.29 is 14.3 Å². The van der Waals surface area contributed by atoms with Crippen molar-refractivity contribution in [2.45, 2.75) is 18.4 Å². The van der Waals surface area contributed by atoms with Crippen LogP contribution in [-0.2, 0) is 14.3 Å². The van der Waals surface area contributed by atoms with Gasteiger partial charge in [0.25, 0.3) is 0 Å². The van der Waals surface area contributed by atoms with Gasteiger partial charge in [-0.15, -0.1) is 0 Å². The van der Waals surface area contributed by atoms with E-state index in [4.69, 9.17) is 27.9 Å². The highest BCUT2D eigenvalue weighted by Gasteiger charge is 2.55. The largest absolute Gasteiger partial charge is 0.373 e. The van der Waals surface area contributed by atoms with Crippen LogP contribution in [0.4, 0.5) is 0 Å². The van der Waals surface area contributed by atoms with Gasteiger partial charge in [-0.25, -0.2) is 0 Å². The van der Waals surface area contributed by atoms with E-state index in [1.54, 1.807) is 0 Å². The van der Waals surface area contributed by atoms with Crippen molar-refractivity contribution in [3.05, 3.63) is 12.2 Å². The third kappa shape index (κ3) is 1.62. The van der Waals surface area contributed by atoms with Crippen molar-refractivity contribution in [2.24, 2.45) is 17.8 Å². The molecule has 3 aliphatic carbocycles. The molecule has 0 spiro atoms. The standard InChI is InChI=1S/C11H12Cl2O3/c1-16-11-4-2-6(3-5-11)7(9(12)14)8(11)10(13)15/h2,4,6-8H,3,5H2,1H3/t6-,7+,8+,11-/m1/s1. The third-order valence-electron chi connectivity index (χ3n) is 3.73. The summed E-state index contributed by atoms with van der Waals surface area (Å²) in [7, 11) is 1.53. The lowest BCUT2D eigenvalue weighted by Gasteiger charge is -2.49. The SMILES string of the molecule is CO[C@]12C=C[C@H](CC1)[C@H](C(=O)Cl)[C@H]2C(=O)Cl. The van der Waals surface area contributed by atoms with Crippen LogP contribution in [0.3, 0.4) is 0 Å². The molecule has 0 heterocycles. The molecule has 0 unspecified atom stereocenters. The molecule has 1 saturated carbocycles. The zero-order valence-corrected chi connectivity index (χ0v) is 10.3. The minimum absolute atomic E-state index is 0.00900. The molecule has 3 aliphatic rings. The number of ether oxygens (including phenoxy) is 1. The fourth-order valence-electron chi connectivity index (χ4n) is 2.90. The molecule has 0 radical (unpaired) electrons. The van der Waals surface area contributed by atoms with Gasteiger partial charge < -0.3 is 4.74 Å². The van der Waals surface area contributed by atoms with E-state index in [0.717, 1.165) is 6.42 Å². The first-order chi connectivity index (χ1) is 7.52. The van der Waals surface area contributed by atoms with E-state index in [-0.39, 0.29) is 5.92 Å². The summed E-state index contributed by atoms with van der Waals surface area (Å²) in [6.07, 6.45) is 5.26. The van der Waals surface area contributed by atoms with E-state index in [0.29, 0.717) is 6.42 Å². The van der Waals surface area contributed by atoms with Gasteiger partial charge in [0.2, 0.25) is 10.5 Å². The van der Waals surface area contributed by atoms with Crippen molar-refractivity contribution >= 4 is 33.7 Å². The third-order valence-corrected chi connectivity index (χ3v) is 4.21. The Hall–Kier alpha value is -0.380. The van der Waals surface area contributed by atoms with E-state index in [1.807, 2.05) is 12.2 Å². The maximum atomic E-state index is 11.5. The number of rotatable bonds is 3. The van der Waals surface area contributed by atoms with Crippen molar-refractivity contribution in [1.29, 1.82) is 0 Å². The highest BCUT2D eigenvalue weighted by atomic mass is 35.5. The van der Waals surface area contributed by atoms with Crippen LogP contribution in [0, 0.1) is 17.8 Å². The molecule has 0 aromatic heterocycles. The van der Waals surface area contributed by atoms with E-state index in [1.165, 1.54) is 7.11 Å². The molecule has 2 bridgehead atoms. The lowest BCUT2D eigenvalue weighted by Crippen LogP contribution is -2.55. The molecule has 1 fully saturated rings. The summed E-state index contributed by atoms with van der Waals surface area (Å²) in [5.74, 6) is -1.20. The highest BCUT2D eigenvalue weighted by molar-refractivity contribution is 6.67. The first-order valence-corrected chi connectivity index (χ1v) is 5.90. The van der Waals surface area contributed by atoms with Crippen molar-refractivity contribution in [2.75, 3.05) is 7.11 Å². The molecule has 5 heteroatoms. The first-order valence-electron chi connectivity index (χ1n) is 5.15. The summed E-state index contributed by atoms with van der Waals surface area (Å²) in [5.41, 5.74) is -0.747. The Labute approximate surface area is 104 Å². The van der Waals surface area contributed by atoms with Crippen LogP contribution >= 0.6 is 23.2 Å². The fraction of sp³-hybridized carbons (Fsp3) is 0.636. The zero-order valence-electron chi connectivity index (χ0n) is 8.78. The van der Waals surface area contributed by atoms with Gasteiger partial charge in [0.1, 0.15) is 0 Å². The number of hydrogen-bond acceptors (Lipinski definition) is 3. The molecule has 0 aliphatic heterocycles. The normalized spacial score (nSPS) is 41.1. The fourth-order valence-corrected chi connectivity index (χ4v) is 3.51. The topological polar surface area (TPSA) is 43.4 Å². The van der Waals surface area contributed by atoms with E-state index in [2.05, 4.69) is 0 Å². The van der Waals surface area contributed by atoms with Crippen molar-refractivity contribution in [3.8, 4) is 0 Å². The quantitative estimate of drug-likeness (QED) is 0.578. The van der Waals surface area contributed by atoms with Crippen molar-refractivity contribution in [1.82, 2.24) is 0 Å². The highest BCUT2D eigenvalue weighted by Crippen LogP contribution is 2.50. The second-order valence-corrected chi connectivity index (χ2v) is 5.08. The van der Waals surface area contributed by atoms with Gasteiger partial charge in [0.05, 0.1) is 17.4 Å². The second-order valence-electron chi connectivity index (χ2n) is 4.33. The van der Waals surface area contributed by atoms with E-state index in [9.17, 15) is 9.59 Å². The van der Waals surface area contributed by atoms with Gasteiger partial charge >= 0.3 is 0 Å². The Morgan fingerprint density at radius 2 is 2.06 bits per heavy atom. The molecular weight excluding hydrogens is 251 g/mol. The van der Waals surface area contributed by atoms with Crippen LogP contribution in [0.1, 0.15) is 12.8 Å². The maximum absolute atomic E-state index is 11.5. The number of hydrogen-bond donors (Lipinski definition) is 0. The number of methoxy groups -OCH3 is 1. The number of carbonyl (C=O) groups is 2. The Morgan fingerprint density at radius 3 is 2.44 bits per heavy atom. The summed E-state index contributed by atoms with van der Waals surface area (Å²) in [4.78, 5) is 22.9. The lowest BCUT2D eigenvalue weighted by atomic mass is 9.60. The molecule has 0 aromatic rings. The summed E-state index contributed by atoms with van der Waals surface area (Å²) in [5, 5.41) is -1.05. The number of carbonyl (C=O) groups excluding carboxylic acids is 2. The Balaban J connectivity index is 2.46. The molecule has 88 valence electrons. The minimum atomic E-state index is -0.747. The van der Waals surface area contributed by atoms with Gasteiger partial charge in [0.15, 0.2) is 0 Å². The van der Waals surface area contributed by atoms with Gasteiger partial charge in [-0.2, -0.15) is 0 Å². The molecule has 4 atom stereocenters. The lowest BCUT2D eigenvalue weighted by molar-refractivity contribution is -0.145. The number of fused-ring (bicyclic) bond motifs is 2. The van der Waals surface area contributed by atoms with Gasteiger partial charge in [-0.1, -0.05) is 12.2 Å². The molecular formula is C11H12Cl2O3. The summed E-state index contributed by atoms with van der Waals surface area (Å²) >= 11 is 11.2. The minimum Gasteiger partial charge on any atom is -0.373 e. The van der Waals surface area contributed by atoms with Crippen LogP contribution < -0.4 is 0 Å². The average molecular weight is 263 g/mol. The smallest absolute Gasteiger partial charge is 0.228 e. The Kier molecular flexibility index (Phi) is 3.12. The van der Waals surface area contributed by atoms with Crippen LogP contribution in [0.2, 0.25) is 0 Å². The molecule has 0 amide bonds. The van der Waals surface area contributed by atoms with Gasteiger partial charge in [-0.3, -0.25) is 9.59 Å². The van der Waals surface area contributed by atoms with E-state index < -0.39 is 27.9 Å².